The van der Waals surface area contributed by atoms with E-state index >= 15 is 0 Å². The van der Waals surface area contributed by atoms with E-state index in [2.05, 4.69) is 14.7 Å². The molecule has 0 saturated heterocycles. The lowest BCUT2D eigenvalue weighted by Crippen LogP contribution is -2.05. The molecule has 9 heteroatoms. The third kappa shape index (κ3) is 8.08. The van der Waals surface area contributed by atoms with E-state index in [0.29, 0.717) is 28.6 Å². The van der Waals surface area contributed by atoms with Gasteiger partial charge in [-0.25, -0.2) is 14.0 Å². The van der Waals surface area contributed by atoms with E-state index in [4.69, 9.17) is 16.3 Å². The fourth-order valence-electron chi connectivity index (χ4n) is 4.68. The molecule has 1 heterocycles. The number of ether oxygens (including phenoxy) is 1. The van der Waals surface area contributed by atoms with E-state index < -0.39 is 11.7 Å². The number of hydrogen-bond acceptors (Lipinski definition) is 5. The number of benzene rings is 4. The maximum atomic E-state index is 14.3. The lowest BCUT2D eigenvalue weighted by atomic mass is 9.91. The number of carboxylic acids is 1. The average molecular weight is 599 g/mol. The smallest absolute Gasteiger partial charge is 0.439 e. The Morgan fingerprint density at radius 2 is 1.77 bits per heavy atom. The summed E-state index contributed by atoms with van der Waals surface area (Å²) in [7, 11) is 0. The van der Waals surface area contributed by atoms with Gasteiger partial charge in [-0.2, -0.15) is 0 Å². The Labute approximate surface area is 252 Å². The highest BCUT2D eigenvalue weighted by Gasteiger charge is 2.12. The minimum atomic E-state index is -0.975. The van der Waals surface area contributed by atoms with Gasteiger partial charge in [0, 0.05) is 21.7 Å². The molecule has 0 fully saturated rings. The molecule has 0 aliphatic rings. The van der Waals surface area contributed by atoms with Crippen LogP contribution in [-0.2, 0) is 19.4 Å². The molecule has 2 N–H and O–H groups in total. The summed E-state index contributed by atoms with van der Waals surface area (Å²) < 4.78 is 24.9. The highest BCUT2D eigenvalue weighted by Crippen LogP contribution is 2.27. The summed E-state index contributed by atoms with van der Waals surface area (Å²) in [6.07, 6.45) is 6.07. The number of aromatic amines is 1. The number of hydrogen-bond donors (Lipinski definition) is 2. The third-order valence-electron chi connectivity index (χ3n) is 7.03. The van der Waals surface area contributed by atoms with Crippen molar-refractivity contribution in [2.45, 2.75) is 25.9 Å². The normalized spacial score (nSPS) is 12.0. The van der Waals surface area contributed by atoms with Crippen molar-refractivity contribution in [2.24, 2.45) is 5.92 Å². The van der Waals surface area contributed by atoms with Crippen LogP contribution in [-0.4, -0.2) is 21.2 Å². The lowest BCUT2D eigenvalue weighted by Gasteiger charge is -2.15. The minimum absolute atomic E-state index is 0.0435. The van der Waals surface area contributed by atoms with Crippen LogP contribution in [0, 0.1) is 11.7 Å². The van der Waals surface area contributed by atoms with Crippen molar-refractivity contribution in [1.29, 1.82) is 0 Å². The molecule has 1 atom stereocenters. The largest absolute Gasteiger partial charge is 0.488 e. The van der Waals surface area contributed by atoms with Gasteiger partial charge in [-0.3, -0.25) is 9.51 Å². The van der Waals surface area contributed by atoms with E-state index in [1.165, 1.54) is 12.1 Å². The molecule has 1 unspecified atom stereocenters. The molecule has 1 aromatic heterocycles. The maximum absolute atomic E-state index is 14.3. The summed E-state index contributed by atoms with van der Waals surface area (Å²) in [5, 5.41) is 13.6. The fraction of sp³-hybridized carbons (Fsp3) is 0.147. The van der Waals surface area contributed by atoms with Gasteiger partial charge >= 0.3 is 11.7 Å². The topological polar surface area (TPSA) is 105 Å². The highest BCUT2D eigenvalue weighted by molar-refractivity contribution is 6.31. The molecule has 0 aliphatic heterocycles. The van der Waals surface area contributed by atoms with Crippen LogP contribution in [0.3, 0.4) is 0 Å². The summed E-state index contributed by atoms with van der Waals surface area (Å²) in [5.41, 5.74) is 4.46. The quantitative estimate of drug-likeness (QED) is 0.153. The molecule has 0 aliphatic carbocycles. The van der Waals surface area contributed by atoms with E-state index in [9.17, 15) is 19.1 Å². The predicted molar refractivity (Wildman–Crippen MR) is 163 cm³/mol. The first-order chi connectivity index (χ1) is 20.8. The molecule has 5 aromatic rings. The van der Waals surface area contributed by atoms with E-state index in [1.54, 1.807) is 24.3 Å². The number of H-pyrrole nitrogens is 1. The molecular formula is C34H28ClFN2O5. The Bertz CT molecular complexity index is 1780. The second kappa shape index (κ2) is 13.8. The predicted octanol–water partition coefficient (Wildman–Crippen LogP) is 7.60. The summed E-state index contributed by atoms with van der Waals surface area (Å²) in [6, 6.07) is 26.3. The van der Waals surface area contributed by atoms with Crippen LogP contribution in [0.25, 0.3) is 17.5 Å². The van der Waals surface area contributed by atoms with Crippen molar-refractivity contribution in [3.8, 4) is 17.1 Å². The van der Waals surface area contributed by atoms with E-state index in [-0.39, 0.29) is 23.9 Å². The number of carboxylic acid groups (broad SMARTS) is 1. The first-order valence-corrected chi connectivity index (χ1v) is 14.0. The van der Waals surface area contributed by atoms with Crippen LogP contribution in [0.15, 0.2) is 106 Å². The van der Waals surface area contributed by atoms with Crippen molar-refractivity contribution in [1.82, 2.24) is 10.1 Å². The van der Waals surface area contributed by atoms with Gasteiger partial charge in [0.05, 0.1) is 5.56 Å². The van der Waals surface area contributed by atoms with Gasteiger partial charge in [-0.15, -0.1) is 0 Å². The Hall–Kier alpha value is -4.95. The highest BCUT2D eigenvalue weighted by atomic mass is 35.5. The Morgan fingerprint density at radius 3 is 2.47 bits per heavy atom. The first-order valence-electron chi connectivity index (χ1n) is 13.7. The van der Waals surface area contributed by atoms with Gasteiger partial charge in [-0.05, 0) is 72.7 Å². The second-order valence-corrected chi connectivity index (χ2v) is 10.5. The van der Waals surface area contributed by atoms with Crippen LogP contribution in [0.2, 0.25) is 5.02 Å². The number of rotatable bonds is 12. The zero-order chi connectivity index (χ0) is 30.2. The number of nitrogens with zero attached hydrogens (tertiary/aromatic N) is 1. The second-order valence-electron chi connectivity index (χ2n) is 10.1. The zero-order valence-corrected chi connectivity index (χ0v) is 23.8. The van der Waals surface area contributed by atoms with Crippen molar-refractivity contribution in [2.75, 3.05) is 0 Å². The number of nitrogens with one attached hydrogen (secondary N) is 1. The molecule has 0 radical (unpaired) electrons. The lowest BCUT2D eigenvalue weighted by molar-refractivity contribution is 0.0697. The van der Waals surface area contributed by atoms with Crippen LogP contribution < -0.4 is 10.5 Å². The maximum Gasteiger partial charge on any atom is 0.439 e. The summed E-state index contributed by atoms with van der Waals surface area (Å²) in [5.74, 6) is -1.02. The first kappa shape index (κ1) is 29.5. The van der Waals surface area contributed by atoms with Gasteiger partial charge in [0.2, 0.25) is 0 Å². The van der Waals surface area contributed by atoms with Gasteiger partial charge in [-0.1, -0.05) is 83.5 Å². The van der Waals surface area contributed by atoms with Gasteiger partial charge in [0.25, 0.3) is 0 Å². The standard InChI is InChI=1S/C34H28ClFN2O5/c35-30-4-2-1-3-28(30)21-42-31-18-17-29(36)20-27(31)16-11-23(19-24-9-14-26(15-10-24)33(39)40)6-5-22-7-12-25(13-8-22)32-37-34(41)43-38-32/h1-4,7-18,20,23H,5-6,19,21H2,(H,39,40)(H,37,38,41). The third-order valence-corrected chi connectivity index (χ3v) is 7.40. The number of aromatic nitrogens is 2. The number of aryl methyl sites for hydroxylation is 1. The van der Waals surface area contributed by atoms with Gasteiger partial charge in [0.1, 0.15) is 18.2 Å². The number of halogens is 2. The van der Waals surface area contributed by atoms with Gasteiger partial charge < -0.3 is 9.84 Å². The van der Waals surface area contributed by atoms with E-state index in [0.717, 1.165) is 35.1 Å². The van der Waals surface area contributed by atoms with Crippen LogP contribution in [0.1, 0.15) is 39.0 Å². The molecule has 5 rings (SSSR count). The average Bonchev–Trinajstić information content (AvgIpc) is 3.45. The molecule has 7 nitrogen and oxygen atoms in total. The van der Waals surface area contributed by atoms with Crippen molar-refractivity contribution < 1.29 is 23.6 Å². The molecule has 43 heavy (non-hydrogen) atoms. The van der Waals surface area contributed by atoms with E-state index in [1.807, 2.05) is 66.7 Å². The Morgan fingerprint density at radius 1 is 1.02 bits per heavy atom. The summed E-state index contributed by atoms with van der Waals surface area (Å²) in [6.45, 7) is 0.240. The molecule has 0 spiro atoms. The summed E-state index contributed by atoms with van der Waals surface area (Å²) >= 11 is 6.28. The number of carbonyl (C=O) groups is 1. The summed E-state index contributed by atoms with van der Waals surface area (Å²) in [4.78, 5) is 25.1. The van der Waals surface area contributed by atoms with Crippen LogP contribution in [0.5, 0.6) is 5.75 Å². The van der Waals surface area contributed by atoms with Crippen molar-refractivity contribution in [3.05, 3.63) is 146 Å². The molecule has 0 saturated carbocycles. The zero-order valence-electron chi connectivity index (χ0n) is 23.0. The van der Waals surface area contributed by atoms with Crippen LogP contribution in [0.4, 0.5) is 4.39 Å². The van der Waals surface area contributed by atoms with Crippen molar-refractivity contribution in [3.63, 3.8) is 0 Å². The molecule has 0 amide bonds. The van der Waals surface area contributed by atoms with Crippen molar-refractivity contribution >= 4 is 23.6 Å². The molecular weight excluding hydrogens is 571 g/mol. The SMILES string of the molecule is O=C(O)c1ccc(CC(C=Cc2cc(F)ccc2OCc2ccccc2Cl)CCc2ccc(-c3noc(=O)[nH]3)cc2)cc1. The van der Waals surface area contributed by atoms with Gasteiger partial charge in [0.15, 0.2) is 5.82 Å². The fourth-order valence-corrected chi connectivity index (χ4v) is 4.87. The Balaban J connectivity index is 1.34. The molecule has 218 valence electrons. The molecule has 0 bridgehead atoms. The molecule has 4 aromatic carbocycles. The number of allylic oxidation sites excluding steroid dienone is 1. The Kier molecular flexibility index (Phi) is 9.49. The number of aromatic carboxylic acids is 1. The monoisotopic (exact) mass is 598 g/mol. The minimum Gasteiger partial charge on any atom is -0.488 e. The van der Waals surface area contributed by atoms with Crippen LogP contribution >= 0.6 is 11.6 Å².